The van der Waals surface area contributed by atoms with E-state index >= 15 is 0 Å². The van der Waals surface area contributed by atoms with Gasteiger partial charge in [-0.25, -0.2) is 9.18 Å². The number of rotatable bonds is 6. The van der Waals surface area contributed by atoms with Gasteiger partial charge in [-0.15, -0.1) is 10.2 Å². The van der Waals surface area contributed by atoms with Crippen LogP contribution >= 0.6 is 11.3 Å². The number of ether oxygens (including phenoxy) is 1. The van der Waals surface area contributed by atoms with Crippen LogP contribution in [0.5, 0.6) is 0 Å². The molecule has 1 aromatic carbocycles. The normalized spacial score (nSPS) is 17.7. The quantitative estimate of drug-likeness (QED) is 0.705. The van der Waals surface area contributed by atoms with Crippen LogP contribution in [0, 0.1) is 5.82 Å². The van der Waals surface area contributed by atoms with Crippen molar-refractivity contribution in [3.8, 4) is 10.6 Å². The molecule has 2 atom stereocenters. The Hall–Kier alpha value is -2.44. The first-order valence-corrected chi connectivity index (χ1v) is 9.80. The highest BCUT2D eigenvalue weighted by Crippen LogP contribution is 2.30. The monoisotopic (exact) mass is 413 g/mol. The van der Waals surface area contributed by atoms with E-state index in [0.717, 1.165) is 11.3 Å². The van der Waals surface area contributed by atoms with E-state index < -0.39 is 29.1 Å². The first-order chi connectivity index (χ1) is 12.8. The van der Waals surface area contributed by atoms with Gasteiger partial charge in [0, 0.05) is 12.5 Å². The van der Waals surface area contributed by atoms with Gasteiger partial charge in [0.2, 0.25) is 5.91 Å². The van der Waals surface area contributed by atoms with Gasteiger partial charge >= 0.3 is 6.09 Å². The van der Waals surface area contributed by atoms with Crippen LogP contribution in [0.25, 0.3) is 10.6 Å². The molecule has 1 aromatic heterocycles. The lowest BCUT2D eigenvalue weighted by Gasteiger charge is -2.14. The molecule has 2 heterocycles. The molecule has 1 fully saturated rings. The lowest BCUT2D eigenvalue weighted by Crippen LogP contribution is -2.33. The Labute approximate surface area is 159 Å². The van der Waals surface area contributed by atoms with Crippen LogP contribution in [0.1, 0.15) is 11.9 Å². The number of hydrogen-bond acceptors (Lipinski definition) is 8. The van der Waals surface area contributed by atoms with Crippen molar-refractivity contribution in [1.82, 2.24) is 15.5 Å². The van der Waals surface area contributed by atoms with E-state index in [-0.39, 0.29) is 40.3 Å². The molecule has 144 valence electrons. The summed E-state index contributed by atoms with van der Waals surface area (Å²) in [4.78, 5) is 24.2. The van der Waals surface area contributed by atoms with E-state index in [9.17, 15) is 22.7 Å². The van der Waals surface area contributed by atoms with Crippen molar-refractivity contribution in [3.63, 3.8) is 0 Å². The molecule has 1 N–H and O–H groups in total. The maximum absolute atomic E-state index is 14.5. The number of carbonyl (C=O) groups is 2. The second-order valence-electron chi connectivity index (χ2n) is 5.67. The summed E-state index contributed by atoms with van der Waals surface area (Å²) in [7, 11) is 0. The highest BCUT2D eigenvalue weighted by Gasteiger charge is 2.32. The number of nitrogens with one attached hydrogen (secondary N) is 1. The molecule has 1 saturated heterocycles. The molecule has 2 amide bonds. The largest absolute Gasteiger partial charge is 0.772 e. The number of hydrogen-bond donors (Lipinski definition) is 1. The fourth-order valence-electron chi connectivity index (χ4n) is 2.46. The van der Waals surface area contributed by atoms with E-state index in [4.69, 9.17) is 4.74 Å². The molecule has 0 aliphatic carbocycles. The first-order valence-electron chi connectivity index (χ1n) is 7.74. The first kappa shape index (κ1) is 19.3. The Balaban J connectivity index is 1.75. The Morgan fingerprint density at radius 3 is 2.96 bits per heavy atom. The molecule has 9 nitrogen and oxygen atoms in total. The van der Waals surface area contributed by atoms with Crippen molar-refractivity contribution in [3.05, 3.63) is 29.0 Å². The molecule has 1 aliphatic heterocycles. The van der Waals surface area contributed by atoms with Crippen LogP contribution in [-0.2, 0) is 26.4 Å². The van der Waals surface area contributed by atoms with E-state index in [0.29, 0.717) is 5.69 Å². The van der Waals surface area contributed by atoms with Crippen molar-refractivity contribution in [2.24, 2.45) is 0 Å². The second-order valence-corrected chi connectivity index (χ2v) is 7.62. The molecule has 3 rings (SSSR count). The molecule has 1 aliphatic rings. The van der Waals surface area contributed by atoms with Crippen LogP contribution in [0.4, 0.5) is 14.9 Å². The van der Waals surface area contributed by atoms with Crippen LogP contribution in [0.2, 0.25) is 0 Å². The number of anilines is 1. The molecule has 2 aromatic rings. The highest BCUT2D eigenvalue weighted by molar-refractivity contribution is 7.78. The van der Waals surface area contributed by atoms with E-state index in [1.54, 1.807) is 0 Å². The Morgan fingerprint density at radius 1 is 1.52 bits per heavy atom. The molecule has 27 heavy (non-hydrogen) atoms. The van der Waals surface area contributed by atoms with Gasteiger partial charge in [0.15, 0.2) is 5.01 Å². The van der Waals surface area contributed by atoms with Crippen molar-refractivity contribution in [2.45, 2.75) is 18.8 Å². The zero-order valence-electron chi connectivity index (χ0n) is 14.0. The van der Waals surface area contributed by atoms with Gasteiger partial charge in [0.1, 0.15) is 16.9 Å². The lowest BCUT2D eigenvalue weighted by atomic mass is 10.2. The minimum Gasteiger partial charge on any atom is -0.772 e. The van der Waals surface area contributed by atoms with Crippen LogP contribution in [0.15, 0.2) is 18.2 Å². The Morgan fingerprint density at radius 2 is 2.30 bits per heavy atom. The van der Waals surface area contributed by atoms with E-state index in [2.05, 4.69) is 15.5 Å². The standard InChI is InChI=1S/C15H15FN4O5S2/c1-8(21)17-5-10-6-20(15(22)25-10)9-2-3-11(12(16)4-9)14-19-18-13(26-14)7-27(23)24/h2-4,10H,5-7H2,1H3,(H,17,21)(H,23,24)/p-1/t10-/m0/s1. The summed E-state index contributed by atoms with van der Waals surface area (Å²) in [5, 5.41) is 10.6. The van der Waals surface area contributed by atoms with Gasteiger partial charge in [-0.05, 0) is 29.3 Å². The maximum Gasteiger partial charge on any atom is 0.414 e. The molecular formula is C15H14FN4O5S2-. The SMILES string of the molecule is CC(=O)NC[C@H]1CN(c2ccc(-c3nnc(CS(=O)[O-])s3)c(F)c2)C(=O)O1. The number of aromatic nitrogens is 2. The van der Waals surface area contributed by atoms with Crippen molar-refractivity contribution in [1.29, 1.82) is 0 Å². The summed E-state index contributed by atoms with van der Waals surface area (Å²) in [5.41, 5.74) is 0.457. The molecule has 0 radical (unpaired) electrons. The minimum atomic E-state index is -2.30. The zero-order valence-corrected chi connectivity index (χ0v) is 15.6. The molecule has 1 unspecified atom stereocenters. The van der Waals surface area contributed by atoms with E-state index in [1.807, 2.05) is 0 Å². The van der Waals surface area contributed by atoms with E-state index in [1.165, 1.54) is 30.0 Å². The summed E-state index contributed by atoms with van der Waals surface area (Å²) < 4.78 is 41.1. The third-order valence-electron chi connectivity index (χ3n) is 3.66. The predicted octanol–water partition coefficient (Wildman–Crippen LogP) is 1.18. The third-order valence-corrected chi connectivity index (χ3v) is 5.30. The number of halogens is 1. The van der Waals surface area contributed by atoms with Crippen molar-refractivity contribution in [2.75, 3.05) is 18.0 Å². The summed E-state index contributed by atoms with van der Waals surface area (Å²) in [6.07, 6.45) is -1.16. The van der Waals surface area contributed by atoms with Crippen LogP contribution < -0.4 is 10.2 Å². The summed E-state index contributed by atoms with van der Waals surface area (Å²) in [6, 6.07) is 4.15. The molecule has 0 saturated carbocycles. The lowest BCUT2D eigenvalue weighted by molar-refractivity contribution is -0.119. The zero-order chi connectivity index (χ0) is 19.6. The van der Waals surface area contributed by atoms with Gasteiger partial charge < -0.3 is 14.6 Å². The van der Waals surface area contributed by atoms with Gasteiger partial charge in [-0.1, -0.05) is 11.3 Å². The molecule has 12 heteroatoms. The molecular weight excluding hydrogens is 399 g/mol. The minimum absolute atomic E-state index is 0.154. The maximum atomic E-state index is 14.5. The van der Waals surface area contributed by atoms with Gasteiger partial charge in [0.25, 0.3) is 0 Å². The summed E-state index contributed by atoms with van der Waals surface area (Å²) in [6.45, 7) is 1.71. The number of amides is 2. The third kappa shape index (κ3) is 4.64. The van der Waals surface area contributed by atoms with Crippen LogP contribution in [-0.4, -0.2) is 50.2 Å². The highest BCUT2D eigenvalue weighted by atomic mass is 32.2. The average molecular weight is 413 g/mol. The average Bonchev–Trinajstić information content (AvgIpc) is 3.19. The second kappa shape index (κ2) is 8.06. The number of benzene rings is 1. The summed E-state index contributed by atoms with van der Waals surface area (Å²) >= 11 is -1.33. The fraction of sp³-hybridized carbons (Fsp3) is 0.333. The number of cyclic esters (lactones) is 1. The van der Waals surface area contributed by atoms with Crippen molar-refractivity contribution < 1.29 is 27.5 Å². The Kier molecular flexibility index (Phi) is 5.77. The van der Waals surface area contributed by atoms with Gasteiger partial charge in [-0.3, -0.25) is 13.9 Å². The smallest absolute Gasteiger partial charge is 0.414 e. The predicted molar refractivity (Wildman–Crippen MR) is 94.2 cm³/mol. The Bertz CT molecular complexity index is 906. The topological polar surface area (TPSA) is 125 Å². The number of carbonyl (C=O) groups excluding carboxylic acids is 2. The molecule has 0 bridgehead atoms. The molecule has 0 spiro atoms. The fourth-order valence-corrected chi connectivity index (χ4v) is 3.91. The number of nitrogens with zero attached hydrogens (tertiary/aromatic N) is 3. The van der Waals surface area contributed by atoms with Crippen molar-refractivity contribution >= 4 is 40.1 Å². The summed E-state index contributed by atoms with van der Waals surface area (Å²) in [5.74, 6) is -1.15. The van der Waals surface area contributed by atoms with Gasteiger partial charge in [0.05, 0.1) is 24.5 Å². The van der Waals surface area contributed by atoms with Gasteiger partial charge in [-0.2, -0.15) is 0 Å². The van der Waals surface area contributed by atoms with Crippen LogP contribution in [0.3, 0.4) is 0 Å².